The van der Waals surface area contributed by atoms with E-state index in [1.54, 1.807) is 0 Å². The molecular weight excluding hydrogens is 214 g/mol. The fourth-order valence-electron chi connectivity index (χ4n) is 2.06. The number of hydrogen-bond acceptors (Lipinski definition) is 4. The lowest BCUT2D eigenvalue weighted by Gasteiger charge is -2.30. The molecule has 1 N–H and O–H groups in total. The molecule has 94 valence electrons. The number of likely N-dealkylation sites (N-methyl/N-ethyl adjacent to an activating group) is 1. The molecule has 2 rings (SSSR count). The number of aryl methyl sites for hydroxylation is 1. The molecule has 1 fully saturated rings. The highest BCUT2D eigenvalue weighted by Gasteiger charge is 2.16. The molecule has 0 unspecified atom stereocenters. The summed E-state index contributed by atoms with van der Waals surface area (Å²) in [5, 5.41) is 3.44. The van der Waals surface area contributed by atoms with Crippen molar-refractivity contribution in [2.75, 3.05) is 33.3 Å². The molecule has 1 aromatic rings. The first-order valence-corrected chi connectivity index (χ1v) is 6.17. The van der Waals surface area contributed by atoms with E-state index < -0.39 is 0 Å². The number of nitrogens with zero attached hydrogens (tertiary/aromatic N) is 2. The zero-order valence-corrected chi connectivity index (χ0v) is 10.6. The summed E-state index contributed by atoms with van der Waals surface area (Å²) >= 11 is 0. The van der Waals surface area contributed by atoms with Crippen LogP contribution in [0.5, 0.6) is 0 Å². The summed E-state index contributed by atoms with van der Waals surface area (Å²) in [7, 11) is 2.14. The molecule has 0 spiro atoms. The third-order valence-electron chi connectivity index (χ3n) is 3.15. The van der Waals surface area contributed by atoms with E-state index in [1.807, 2.05) is 19.2 Å². The number of morpholine rings is 1. The molecule has 0 aromatic carbocycles. The maximum Gasteiger partial charge on any atom is 0.0826 e. The van der Waals surface area contributed by atoms with Crippen molar-refractivity contribution in [2.45, 2.75) is 19.6 Å². The van der Waals surface area contributed by atoms with Gasteiger partial charge >= 0.3 is 0 Å². The van der Waals surface area contributed by atoms with Crippen molar-refractivity contribution >= 4 is 0 Å². The van der Waals surface area contributed by atoms with Gasteiger partial charge in [0.25, 0.3) is 0 Å². The number of rotatable bonds is 4. The van der Waals surface area contributed by atoms with Gasteiger partial charge in [-0.1, -0.05) is 6.07 Å². The summed E-state index contributed by atoms with van der Waals surface area (Å²) < 4.78 is 5.70. The number of nitrogens with one attached hydrogen (secondary N) is 1. The van der Waals surface area contributed by atoms with E-state index in [4.69, 9.17) is 4.74 Å². The van der Waals surface area contributed by atoms with Gasteiger partial charge in [-0.25, -0.2) is 0 Å². The standard InChI is InChI=1S/C13H21N3O/c1-11-12(4-3-5-15-11)8-14-9-13-10-16(2)6-7-17-13/h3-5,13-14H,6-10H2,1-2H3/t13-/m1/s1. The van der Waals surface area contributed by atoms with Crippen molar-refractivity contribution in [3.05, 3.63) is 29.6 Å². The van der Waals surface area contributed by atoms with Gasteiger partial charge in [-0.05, 0) is 25.6 Å². The quantitative estimate of drug-likeness (QED) is 0.838. The molecule has 1 atom stereocenters. The Balaban J connectivity index is 1.74. The van der Waals surface area contributed by atoms with Gasteiger partial charge < -0.3 is 15.0 Å². The summed E-state index contributed by atoms with van der Waals surface area (Å²) in [5.74, 6) is 0. The Morgan fingerprint density at radius 1 is 1.59 bits per heavy atom. The van der Waals surface area contributed by atoms with Gasteiger partial charge in [0, 0.05) is 38.1 Å². The summed E-state index contributed by atoms with van der Waals surface area (Å²) in [6.45, 7) is 6.70. The van der Waals surface area contributed by atoms with E-state index in [2.05, 4.69) is 28.3 Å². The minimum absolute atomic E-state index is 0.311. The average Bonchev–Trinajstić information content (AvgIpc) is 2.32. The minimum atomic E-state index is 0.311. The van der Waals surface area contributed by atoms with Crippen molar-refractivity contribution in [1.82, 2.24) is 15.2 Å². The van der Waals surface area contributed by atoms with Crippen LogP contribution >= 0.6 is 0 Å². The maximum absolute atomic E-state index is 5.70. The van der Waals surface area contributed by atoms with Crippen LogP contribution in [0, 0.1) is 6.92 Å². The zero-order chi connectivity index (χ0) is 12.1. The second-order valence-electron chi connectivity index (χ2n) is 4.63. The normalized spacial score (nSPS) is 21.6. The molecule has 1 aliphatic heterocycles. The SMILES string of the molecule is Cc1ncccc1CNC[C@@H]1CN(C)CCO1. The molecule has 0 bridgehead atoms. The van der Waals surface area contributed by atoms with Gasteiger partial charge in [-0.2, -0.15) is 0 Å². The first-order chi connectivity index (χ1) is 8.25. The molecular formula is C13H21N3O. The van der Waals surface area contributed by atoms with Crippen LogP contribution in [0.2, 0.25) is 0 Å². The van der Waals surface area contributed by atoms with Crippen LogP contribution in [-0.4, -0.2) is 49.3 Å². The number of hydrogen-bond donors (Lipinski definition) is 1. The fraction of sp³-hybridized carbons (Fsp3) is 0.615. The minimum Gasteiger partial charge on any atom is -0.374 e. The van der Waals surface area contributed by atoms with E-state index in [-0.39, 0.29) is 0 Å². The monoisotopic (exact) mass is 235 g/mol. The van der Waals surface area contributed by atoms with E-state index in [0.717, 1.165) is 38.5 Å². The summed E-state index contributed by atoms with van der Waals surface area (Å²) in [5.41, 5.74) is 2.36. The van der Waals surface area contributed by atoms with Crippen LogP contribution in [0.4, 0.5) is 0 Å². The van der Waals surface area contributed by atoms with Gasteiger partial charge in [-0.3, -0.25) is 4.98 Å². The number of aromatic nitrogens is 1. The highest BCUT2D eigenvalue weighted by atomic mass is 16.5. The molecule has 0 radical (unpaired) electrons. The van der Waals surface area contributed by atoms with E-state index >= 15 is 0 Å². The lowest BCUT2D eigenvalue weighted by atomic mass is 10.2. The Morgan fingerprint density at radius 2 is 2.47 bits per heavy atom. The molecule has 1 aromatic heterocycles. The molecule has 17 heavy (non-hydrogen) atoms. The molecule has 0 amide bonds. The lowest BCUT2D eigenvalue weighted by molar-refractivity contribution is -0.0182. The summed E-state index contributed by atoms with van der Waals surface area (Å²) in [4.78, 5) is 6.59. The summed E-state index contributed by atoms with van der Waals surface area (Å²) in [6.07, 6.45) is 2.14. The van der Waals surface area contributed by atoms with Gasteiger partial charge in [0.1, 0.15) is 0 Å². The molecule has 0 aliphatic carbocycles. The van der Waals surface area contributed by atoms with Crippen LogP contribution in [0.1, 0.15) is 11.3 Å². The molecule has 1 aliphatic rings. The number of pyridine rings is 1. The Labute approximate surface area is 103 Å². The van der Waals surface area contributed by atoms with Crippen LogP contribution in [0.15, 0.2) is 18.3 Å². The topological polar surface area (TPSA) is 37.4 Å². The van der Waals surface area contributed by atoms with Gasteiger partial charge in [0.05, 0.1) is 12.7 Å². The first kappa shape index (κ1) is 12.5. The second kappa shape index (κ2) is 6.10. The van der Waals surface area contributed by atoms with Crippen LogP contribution in [0.25, 0.3) is 0 Å². The Morgan fingerprint density at radius 3 is 3.24 bits per heavy atom. The lowest BCUT2D eigenvalue weighted by Crippen LogP contribution is -2.44. The molecule has 2 heterocycles. The highest BCUT2D eigenvalue weighted by Crippen LogP contribution is 2.04. The first-order valence-electron chi connectivity index (χ1n) is 6.17. The zero-order valence-electron chi connectivity index (χ0n) is 10.6. The van der Waals surface area contributed by atoms with Crippen LogP contribution in [-0.2, 0) is 11.3 Å². The number of ether oxygens (including phenoxy) is 1. The fourth-order valence-corrected chi connectivity index (χ4v) is 2.06. The Bertz CT molecular complexity index is 356. The summed E-state index contributed by atoms with van der Waals surface area (Å²) in [6, 6.07) is 4.10. The molecule has 4 heteroatoms. The maximum atomic E-state index is 5.70. The van der Waals surface area contributed by atoms with Crippen LogP contribution < -0.4 is 5.32 Å². The predicted molar refractivity (Wildman–Crippen MR) is 67.9 cm³/mol. The van der Waals surface area contributed by atoms with Crippen molar-refractivity contribution in [3.63, 3.8) is 0 Å². The van der Waals surface area contributed by atoms with Crippen molar-refractivity contribution in [1.29, 1.82) is 0 Å². The van der Waals surface area contributed by atoms with E-state index in [9.17, 15) is 0 Å². The average molecular weight is 235 g/mol. The molecule has 0 saturated carbocycles. The van der Waals surface area contributed by atoms with Gasteiger partial charge in [-0.15, -0.1) is 0 Å². The van der Waals surface area contributed by atoms with Gasteiger partial charge in [0.15, 0.2) is 0 Å². The third-order valence-corrected chi connectivity index (χ3v) is 3.15. The smallest absolute Gasteiger partial charge is 0.0826 e. The van der Waals surface area contributed by atoms with Crippen molar-refractivity contribution in [2.24, 2.45) is 0 Å². The van der Waals surface area contributed by atoms with Crippen LogP contribution in [0.3, 0.4) is 0 Å². The molecule has 4 nitrogen and oxygen atoms in total. The van der Waals surface area contributed by atoms with E-state index in [1.165, 1.54) is 5.56 Å². The van der Waals surface area contributed by atoms with E-state index in [0.29, 0.717) is 6.10 Å². The second-order valence-corrected chi connectivity index (χ2v) is 4.63. The predicted octanol–water partition coefficient (Wildman–Crippen LogP) is 0.810. The largest absolute Gasteiger partial charge is 0.374 e. The Kier molecular flexibility index (Phi) is 4.48. The molecule has 1 saturated heterocycles. The van der Waals surface area contributed by atoms with Crippen molar-refractivity contribution < 1.29 is 4.74 Å². The van der Waals surface area contributed by atoms with Gasteiger partial charge in [0.2, 0.25) is 0 Å². The Hall–Kier alpha value is -0.970. The van der Waals surface area contributed by atoms with Crippen molar-refractivity contribution in [3.8, 4) is 0 Å². The highest BCUT2D eigenvalue weighted by molar-refractivity contribution is 5.17. The third kappa shape index (κ3) is 3.77.